The van der Waals surface area contributed by atoms with Crippen LogP contribution in [0.25, 0.3) is 0 Å². The molecule has 9 atom stereocenters. The van der Waals surface area contributed by atoms with Crippen LogP contribution >= 0.6 is 0 Å². The smallest absolute Gasteiger partial charge is 0.0581 e. The zero-order valence-electron chi connectivity index (χ0n) is 19.2. The molecule has 1 heterocycles. The molecular formula is C27H46O. The topological polar surface area (TPSA) is 9.23 Å². The molecule has 8 unspecified atom stereocenters. The maximum Gasteiger partial charge on any atom is 0.0581 e. The van der Waals surface area contributed by atoms with E-state index in [1.807, 2.05) is 0 Å². The van der Waals surface area contributed by atoms with Crippen molar-refractivity contribution in [2.75, 3.05) is 6.61 Å². The van der Waals surface area contributed by atoms with E-state index in [0.717, 1.165) is 48.0 Å². The van der Waals surface area contributed by atoms with Gasteiger partial charge in [-0.15, -0.1) is 0 Å². The van der Waals surface area contributed by atoms with E-state index in [4.69, 9.17) is 4.74 Å². The normalized spacial score (nSPS) is 50.9. The summed E-state index contributed by atoms with van der Waals surface area (Å²) in [5.41, 5.74) is 1.25. The highest BCUT2D eigenvalue weighted by atomic mass is 16.5. The number of ether oxygens (including phenoxy) is 1. The maximum absolute atomic E-state index is 6.35. The van der Waals surface area contributed by atoms with Gasteiger partial charge in [0.05, 0.1) is 12.7 Å². The van der Waals surface area contributed by atoms with Crippen LogP contribution < -0.4 is 0 Å². The van der Waals surface area contributed by atoms with Crippen LogP contribution in [0, 0.1) is 52.3 Å². The molecule has 0 N–H and O–H groups in total. The van der Waals surface area contributed by atoms with Gasteiger partial charge in [-0.05, 0) is 105 Å². The molecule has 0 amide bonds. The van der Waals surface area contributed by atoms with Gasteiger partial charge in [-0.3, -0.25) is 0 Å². The molecule has 4 saturated carbocycles. The summed E-state index contributed by atoms with van der Waals surface area (Å²) in [7, 11) is 0. The second-order valence-electron chi connectivity index (χ2n) is 12.6. The van der Waals surface area contributed by atoms with Gasteiger partial charge in [0.15, 0.2) is 0 Å². The van der Waals surface area contributed by atoms with Crippen molar-refractivity contribution in [2.24, 2.45) is 52.3 Å². The van der Waals surface area contributed by atoms with Crippen molar-refractivity contribution in [3.05, 3.63) is 0 Å². The molecule has 2 bridgehead atoms. The molecule has 0 aromatic heterocycles. The summed E-state index contributed by atoms with van der Waals surface area (Å²) < 4.78 is 6.35. The summed E-state index contributed by atoms with van der Waals surface area (Å²) in [5, 5.41) is 0. The third-order valence-electron chi connectivity index (χ3n) is 11.1. The molecule has 4 aliphatic carbocycles. The van der Waals surface area contributed by atoms with Gasteiger partial charge < -0.3 is 4.74 Å². The summed E-state index contributed by atoms with van der Waals surface area (Å²) >= 11 is 0. The molecule has 0 aromatic rings. The predicted molar refractivity (Wildman–Crippen MR) is 117 cm³/mol. The Morgan fingerprint density at radius 1 is 0.893 bits per heavy atom. The van der Waals surface area contributed by atoms with Crippen LogP contribution in [0.2, 0.25) is 0 Å². The fourth-order valence-electron chi connectivity index (χ4n) is 9.77. The van der Waals surface area contributed by atoms with E-state index >= 15 is 0 Å². The van der Waals surface area contributed by atoms with Crippen LogP contribution in [0.1, 0.15) is 105 Å². The van der Waals surface area contributed by atoms with Crippen molar-refractivity contribution < 1.29 is 4.74 Å². The summed E-state index contributed by atoms with van der Waals surface area (Å²) in [6.07, 6.45) is 18.4. The minimum Gasteiger partial charge on any atom is -0.378 e. The van der Waals surface area contributed by atoms with Gasteiger partial charge >= 0.3 is 0 Å². The summed E-state index contributed by atoms with van der Waals surface area (Å²) in [6, 6.07) is 0. The molecule has 28 heavy (non-hydrogen) atoms. The lowest BCUT2D eigenvalue weighted by Crippen LogP contribution is -2.54. The molecule has 1 heteroatoms. The SMILES string of the molecule is CC(C)CCCC(C)C1CCC2C3CC[C@H]4CCC5CC4(CO5)C3CCC12C. The Labute approximate surface area is 174 Å². The van der Waals surface area contributed by atoms with E-state index < -0.39 is 0 Å². The van der Waals surface area contributed by atoms with E-state index in [0.29, 0.717) is 16.9 Å². The van der Waals surface area contributed by atoms with E-state index in [2.05, 4.69) is 27.7 Å². The highest BCUT2D eigenvalue weighted by Gasteiger charge is 2.63. The molecule has 1 aliphatic heterocycles. The standard InChI is InChI=1S/C27H46O/c1-18(2)6-5-7-19(3)23-12-13-24-22-11-9-20-8-10-21-16-27(20,17-28-21)25(22)14-15-26(23,24)4/h18-25H,5-17H2,1-4H3/t19?,20-,21?,22?,23?,24?,25?,26?,27?/m1/s1. The van der Waals surface area contributed by atoms with Crippen molar-refractivity contribution in [1.82, 2.24) is 0 Å². The lowest BCUT2D eigenvalue weighted by molar-refractivity contribution is -0.111. The zero-order chi connectivity index (χ0) is 19.5. The average molecular weight is 387 g/mol. The first kappa shape index (κ1) is 19.9. The van der Waals surface area contributed by atoms with Crippen molar-refractivity contribution in [1.29, 1.82) is 0 Å². The van der Waals surface area contributed by atoms with Crippen molar-refractivity contribution >= 4 is 0 Å². The first-order chi connectivity index (χ1) is 13.4. The molecule has 5 aliphatic rings. The predicted octanol–water partition coefficient (Wildman–Crippen LogP) is 7.49. The van der Waals surface area contributed by atoms with E-state index in [1.54, 1.807) is 12.8 Å². The Bertz CT molecular complexity index is 569. The van der Waals surface area contributed by atoms with Crippen LogP contribution in [0.3, 0.4) is 0 Å². The molecule has 5 rings (SSSR count). The van der Waals surface area contributed by atoms with E-state index in [-0.39, 0.29) is 0 Å². The number of rotatable bonds is 5. The third kappa shape index (κ3) is 2.96. The van der Waals surface area contributed by atoms with Gasteiger partial charge in [0, 0.05) is 5.41 Å². The lowest BCUT2D eigenvalue weighted by Gasteiger charge is -2.60. The quantitative estimate of drug-likeness (QED) is 0.475. The molecule has 160 valence electrons. The van der Waals surface area contributed by atoms with Crippen LogP contribution in [0.4, 0.5) is 0 Å². The van der Waals surface area contributed by atoms with Crippen LogP contribution in [0.5, 0.6) is 0 Å². The van der Waals surface area contributed by atoms with Crippen LogP contribution in [-0.2, 0) is 4.74 Å². The molecule has 1 saturated heterocycles. The number of fused-ring (bicyclic) bond motifs is 4. The molecular weight excluding hydrogens is 340 g/mol. The maximum atomic E-state index is 6.35. The highest BCUT2D eigenvalue weighted by molar-refractivity contribution is 5.12. The van der Waals surface area contributed by atoms with Crippen LogP contribution in [-0.4, -0.2) is 12.7 Å². The van der Waals surface area contributed by atoms with Crippen molar-refractivity contribution in [3.63, 3.8) is 0 Å². The van der Waals surface area contributed by atoms with Gasteiger partial charge in [0.2, 0.25) is 0 Å². The monoisotopic (exact) mass is 386 g/mol. The number of hydrogen-bond donors (Lipinski definition) is 0. The van der Waals surface area contributed by atoms with Gasteiger partial charge in [0.25, 0.3) is 0 Å². The van der Waals surface area contributed by atoms with Crippen molar-refractivity contribution in [2.45, 2.75) is 111 Å². The van der Waals surface area contributed by atoms with Gasteiger partial charge in [0.1, 0.15) is 0 Å². The Morgan fingerprint density at radius 2 is 1.71 bits per heavy atom. The first-order valence-electron chi connectivity index (χ1n) is 13.1. The Morgan fingerprint density at radius 3 is 2.54 bits per heavy atom. The first-order valence-corrected chi connectivity index (χ1v) is 13.1. The largest absolute Gasteiger partial charge is 0.378 e. The van der Waals surface area contributed by atoms with Gasteiger partial charge in [-0.25, -0.2) is 0 Å². The van der Waals surface area contributed by atoms with Crippen molar-refractivity contribution in [3.8, 4) is 0 Å². The fourth-order valence-corrected chi connectivity index (χ4v) is 9.77. The minimum absolute atomic E-state index is 0.605. The molecule has 1 spiro atoms. The lowest BCUT2D eigenvalue weighted by atomic mass is 9.44. The number of hydrogen-bond acceptors (Lipinski definition) is 1. The third-order valence-corrected chi connectivity index (χ3v) is 11.1. The molecule has 0 aromatic carbocycles. The summed E-state index contributed by atoms with van der Waals surface area (Å²) in [4.78, 5) is 0. The summed E-state index contributed by atoms with van der Waals surface area (Å²) in [6.45, 7) is 11.2. The molecule has 1 nitrogen and oxygen atoms in total. The zero-order valence-corrected chi connectivity index (χ0v) is 19.2. The Kier molecular flexibility index (Phi) is 5.17. The van der Waals surface area contributed by atoms with Gasteiger partial charge in [-0.1, -0.05) is 47.0 Å². The van der Waals surface area contributed by atoms with E-state index in [9.17, 15) is 0 Å². The highest BCUT2D eigenvalue weighted by Crippen LogP contribution is 2.69. The van der Waals surface area contributed by atoms with Gasteiger partial charge in [-0.2, -0.15) is 0 Å². The second kappa shape index (κ2) is 7.28. The molecule has 5 fully saturated rings. The van der Waals surface area contributed by atoms with Crippen LogP contribution in [0.15, 0.2) is 0 Å². The Hall–Kier alpha value is -0.0400. The minimum atomic E-state index is 0.605. The molecule has 0 radical (unpaired) electrons. The Balaban J connectivity index is 1.31. The fraction of sp³-hybridized carbons (Fsp3) is 1.00. The summed E-state index contributed by atoms with van der Waals surface area (Å²) in [5.74, 6) is 6.88. The second-order valence-corrected chi connectivity index (χ2v) is 12.6. The van der Waals surface area contributed by atoms with E-state index in [1.165, 1.54) is 64.2 Å². The average Bonchev–Trinajstić information content (AvgIpc) is 3.18.